The van der Waals surface area contributed by atoms with Crippen LogP contribution in [0.5, 0.6) is 0 Å². The Labute approximate surface area is 89.4 Å². The van der Waals surface area contributed by atoms with Gasteiger partial charge in [0.05, 0.1) is 19.3 Å². The molecule has 0 aromatic carbocycles. The van der Waals surface area contributed by atoms with Gasteiger partial charge in [-0.25, -0.2) is 15.0 Å². The molecule has 0 atom stereocenters. The molecule has 0 amide bonds. The number of hydrogen-bond donors (Lipinski definition) is 0. The number of imidazole rings is 1. The molecule has 4 heteroatoms. The minimum absolute atomic E-state index is 0.486. The normalized spacial score (nSPS) is 12.3. The highest BCUT2D eigenvalue weighted by atomic mass is 15.1. The van der Waals surface area contributed by atoms with Crippen molar-refractivity contribution in [1.29, 1.82) is 0 Å². The fourth-order valence-corrected chi connectivity index (χ4v) is 1.06. The molecule has 0 fully saturated rings. The molecule has 1 aromatic heterocycles. The maximum Gasteiger partial charge on any atom is 0.243 e. The second kappa shape index (κ2) is 5.73. The molecule has 0 unspecified atom stereocenters. The first-order chi connectivity index (χ1) is 7.26. The fourth-order valence-electron chi connectivity index (χ4n) is 1.06. The molecule has 1 aliphatic heterocycles. The van der Waals surface area contributed by atoms with E-state index in [-0.39, 0.29) is 0 Å². The van der Waals surface area contributed by atoms with Crippen molar-refractivity contribution < 1.29 is 4.57 Å². The summed E-state index contributed by atoms with van der Waals surface area (Å²) < 4.78 is 4.16. The number of rotatable bonds is 1. The van der Waals surface area contributed by atoms with Crippen LogP contribution in [-0.2, 0) is 13.6 Å². The van der Waals surface area contributed by atoms with Gasteiger partial charge in [0.15, 0.2) is 0 Å². The van der Waals surface area contributed by atoms with Crippen LogP contribution in [-0.4, -0.2) is 16.7 Å². The van der Waals surface area contributed by atoms with Crippen LogP contribution in [0.15, 0.2) is 41.6 Å². The summed E-state index contributed by atoms with van der Waals surface area (Å²) in [5.41, 5.74) is 0.486. The lowest BCUT2D eigenvalue weighted by Crippen LogP contribution is -2.23. The van der Waals surface area contributed by atoms with Gasteiger partial charge in [0.1, 0.15) is 12.4 Å². The summed E-state index contributed by atoms with van der Waals surface area (Å²) in [5.74, 6) is 1.90. The SMILES string of the molecule is CCn1cc[n+](C)c1.[N-]=C=C1C=CC=N1. The Kier molecular flexibility index (Phi) is 4.26. The number of hydrogen-bond acceptors (Lipinski definition) is 1. The molecule has 4 nitrogen and oxygen atoms in total. The van der Waals surface area contributed by atoms with Gasteiger partial charge in [-0.3, -0.25) is 4.99 Å². The molecule has 0 saturated heterocycles. The van der Waals surface area contributed by atoms with Gasteiger partial charge in [0.25, 0.3) is 0 Å². The third-order valence-corrected chi connectivity index (χ3v) is 1.86. The Morgan fingerprint density at radius 1 is 1.60 bits per heavy atom. The number of aliphatic imine (C=N–C) groups is 1. The predicted octanol–water partition coefficient (Wildman–Crippen LogP) is 1.08. The van der Waals surface area contributed by atoms with Crippen molar-refractivity contribution in [2.75, 3.05) is 0 Å². The highest BCUT2D eigenvalue weighted by Gasteiger charge is 1.92. The highest BCUT2D eigenvalue weighted by Crippen LogP contribution is 1.96. The second-order valence-electron chi connectivity index (χ2n) is 3.04. The molecule has 2 heterocycles. The van der Waals surface area contributed by atoms with Crippen molar-refractivity contribution in [3.8, 4) is 0 Å². The van der Waals surface area contributed by atoms with E-state index in [1.807, 2.05) is 23.7 Å². The maximum absolute atomic E-state index is 8.11. The molecule has 1 aliphatic rings. The van der Waals surface area contributed by atoms with Crippen molar-refractivity contribution >= 4 is 12.1 Å². The van der Waals surface area contributed by atoms with E-state index in [1.165, 1.54) is 0 Å². The highest BCUT2D eigenvalue weighted by molar-refractivity contribution is 5.82. The minimum Gasteiger partial charge on any atom is -0.761 e. The Balaban J connectivity index is 0.000000151. The van der Waals surface area contributed by atoms with Crippen molar-refractivity contribution in [3.05, 3.63) is 42.0 Å². The van der Waals surface area contributed by atoms with E-state index in [9.17, 15) is 0 Å². The number of aromatic nitrogens is 2. The molecule has 0 bridgehead atoms. The summed E-state index contributed by atoms with van der Waals surface area (Å²) in [4.78, 5) is 3.67. The molecule has 2 rings (SSSR count). The van der Waals surface area contributed by atoms with E-state index in [0.717, 1.165) is 6.54 Å². The molecule has 0 aliphatic carbocycles. The molecule has 0 spiro atoms. The van der Waals surface area contributed by atoms with Gasteiger partial charge < -0.3 is 5.41 Å². The Morgan fingerprint density at radius 3 is 2.67 bits per heavy atom. The standard InChI is InChI=1S/C6H11N2.C5H3N2/c1-3-8-5-4-7(2)6-8;6-4-5-2-1-3-7-5/h4-6H,3H2,1-2H3;1-3H/q+1;-1. The monoisotopic (exact) mass is 202 g/mol. The molecule has 0 saturated carbocycles. The van der Waals surface area contributed by atoms with Crippen molar-refractivity contribution in [3.63, 3.8) is 0 Å². The second-order valence-corrected chi connectivity index (χ2v) is 3.04. The number of allylic oxidation sites excluding steroid dienone is 2. The summed E-state index contributed by atoms with van der Waals surface area (Å²) in [6.45, 7) is 3.18. The van der Waals surface area contributed by atoms with Crippen LogP contribution in [0.3, 0.4) is 0 Å². The van der Waals surface area contributed by atoms with Gasteiger partial charge in [-0.1, -0.05) is 0 Å². The third-order valence-electron chi connectivity index (χ3n) is 1.86. The lowest BCUT2D eigenvalue weighted by molar-refractivity contribution is -0.671. The van der Waals surface area contributed by atoms with E-state index in [4.69, 9.17) is 5.41 Å². The van der Waals surface area contributed by atoms with Crippen LogP contribution >= 0.6 is 0 Å². The Hall–Kier alpha value is -1.93. The third kappa shape index (κ3) is 3.75. The zero-order chi connectivity index (χ0) is 11.1. The van der Waals surface area contributed by atoms with Gasteiger partial charge >= 0.3 is 0 Å². The average Bonchev–Trinajstić information content (AvgIpc) is 2.88. The van der Waals surface area contributed by atoms with Crippen LogP contribution in [0.25, 0.3) is 5.41 Å². The molecule has 78 valence electrons. The smallest absolute Gasteiger partial charge is 0.243 e. The van der Waals surface area contributed by atoms with E-state index in [0.29, 0.717) is 5.70 Å². The van der Waals surface area contributed by atoms with Crippen molar-refractivity contribution in [2.24, 2.45) is 12.0 Å². The molecule has 15 heavy (non-hydrogen) atoms. The first kappa shape index (κ1) is 11.1. The van der Waals surface area contributed by atoms with Crippen LogP contribution in [0.4, 0.5) is 0 Å². The fraction of sp³-hybridized carbons (Fsp3) is 0.273. The van der Waals surface area contributed by atoms with Gasteiger partial charge in [0, 0.05) is 6.21 Å². The Bertz CT molecular complexity index is 406. The molecule has 0 radical (unpaired) electrons. The van der Waals surface area contributed by atoms with Gasteiger partial charge in [-0.15, -0.1) is 0 Å². The summed E-state index contributed by atoms with van der Waals surface area (Å²) in [6, 6.07) is 0. The van der Waals surface area contributed by atoms with E-state index < -0.39 is 0 Å². The lowest BCUT2D eigenvalue weighted by Gasteiger charge is -1.81. The summed E-state index contributed by atoms with van der Waals surface area (Å²) in [7, 11) is 2.02. The predicted molar refractivity (Wildman–Crippen MR) is 60.8 cm³/mol. The zero-order valence-corrected chi connectivity index (χ0v) is 8.96. The number of aryl methyl sites for hydroxylation is 2. The van der Waals surface area contributed by atoms with Crippen LogP contribution < -0.4 is 4.57 Å². The van der Waals surface area contributed by atoms with Gasteiger partial charge in [-0.2, -0.15) is 0 Å². The van der Waals surface area contributed by atoms with Gasteiger partial charge in [-0.05, 0) is 19.1 Å². The number of nitrogens with zero attached hydrogens (tertiary/aromatic N) is 4. The van der Waals surface area contributed by atoms with Crippen LogP contribution in [0.1, 0.15) is 6.92 Å². The quantitative estimate of drug-likeness (QED) is 0.483. The van der Waals surface area contributed by atoms with Crippen LogP contribution in [0, 0.1) is 0 Å². The summed E-state index contributed by atoms with van der Waals surface area (Å²) in [6.07, 6.45) is 11.1. The van der Waals surface area contributed by atoms with E-state index in [1.54, 1.807) is 18.4 Å². The summed E-state index contributed by atoms with van der Waals surface area (Å²) in [5, 5.41) is 8.11. The van der Waals surface area contributed by atoms with E-state index in [2.05, 4.69) is 29.0 Å². The van der Waals surface area contributed by atoms with Crippen molar-refractivity contribution in [2.45, 2.75) is 13.5 Å². The minimum atomic E-state index is 0.486. The first-order valence-corrected chi connectivity index (χ1v) is 4.75. The molecule has 1 aromatic rings. The lowest BCUT2D eigenvalue weighted by atomic mass is 10.5. The zero-order valence-electron chi connectivity index (χ0n) is 8.96. The maximum atomic E-state index is 8.11. The van der Waals surface area contributed by atoms with E-state index >= 15 is 0 Å². The topological polar surface area (TPSA) is 43.5 Å². The molecular weight excluding hydrogens is 188 g/mol. The Morgan fingerprint density at radius 2 is 2.40 bits per heavy atom. The van der Waals surface area contributed by atoms with Crippen molar-refractivity contribution in [1.82, 2.24) is 4.57 Å². The first-order valence-electron chi connectivity index (χ1n) is 4.75. The molecule has 0 N–H and O–H groups in total. The largest absolute Gasteiger partial charge is 0.761 e. The summed E-state index contributed by atoms with van der Waals surface area (Å²) >= 11 is 0. The van der Waals surface area contributed by atoms with Crippen LogP contribution in [0.2, 0.25) is 0 Å². The molecular formula is C11H14N4. The van der Waals surface area contributed by atoms with Gasteiger partial charge in [0.2, 0.25) is 6.33 Å². The average molecular weight is 202 g/mol.